The average Bonchev–Trinajstić information content (AvgIpc) is 3.13. The topological polar surface area (TPSA) is 87.1 Å². The summed E-state index contributed by atoms with van der Waals surface area (Å²) in [5.41, 5.74) is 2.58. The highest BCUT2D eigenvalue weighted by Gasteiger charge is 2.33. The molecular formula is C20H22NO6P. The van der Waals surface area contributed by atoms with E-state index in [-0.39, 0.29) is 32.0 Å². The number of hydrogen-bond acceptors (Lipinski definition) is 7. The fourth-order valence-electron chi connectivity index (χ4n) is 3.52. The molecule has 0 atom stereocenters. The first kappa shape index (κ1) is 19.2. The zero-order chi connectivity index (χ0) is 19.9. The van der Waals surface area contributed by atoms with Gasteiger partial charge in [0.15, 0.2) is 16.9 Å². The van der Waals surface area contributed by atoms with Crippen molar-refractivity contribution in [3.05, 3.63) is 35.4 Å². The Morgan fingerprint density at radius 1 is 1.04 bits per heavy atom. The molecule has 28 heavy (non-hydrogen) atoms. The third-order valence-corrected chi connectivity index (χ3v) is 6.72. The molecule has 8 heteroatoms. The van der Waals surface area contributed by atoms with Gasteiger partial charge in [-0.15, -0.1) is 0 Å². The number of fused-ring (bicyclic) bond motifs is 4. The zero-order valence-corrected chi connectivity index (χ0v) is 16.9. The van der Waals surface area contributed by atoms with Crippen LogP contribution in [0.1, 0.15) is 25.0 Å². The molecule has 148 valence electrons. The van der Waals surface area contributed by atoms with Gasteiger partial charge in [0.2, 0.25) is 6.79 Å². The van der Waals surface area contributed by atoms with Crippen LogP contribution in [0.4, 0.5) is 0 Å². The molecule has 4 rings (SSSR count). The second kappa shape index (κ2) is 7.33. The average molecular weight is 403 g/mol. The van der Waals surface area contributed by atoms with Crippen LogP contribution in [-0.4, -0.2) is 30.1 Å². The lowest BCUT2D eigenvalue weighted by molar-refractivity contribution is 0.174. The summed E-state index contributed by atoms with van der Waals surface area (Å²) >= 11 is 0. The van der Waals surface area contributed by atoms with E-state index in [1.165, 1.54) is 0 Å². The SMILES string of the molecule is CCOP(=O)(OCC)c1nc2c(C)cc(CO)cc2c2cc3c(cc12)OCO3. The Kier molecular flexibility index (Phi) is 5.02. The minimum absolute atomic E-state index is 0.0824. The Hall–Kier alpha value is -2.18. The number of ether oxygens (including phenoxy) is 2. The predicted octanol–water partition coefficient (Wildman–Crippen LogP) is 3.81. The van der Waals surface area contributed by atoms with Crippen LogP contribution in [0.2, 0.25) is 0 Å². The lowest BCUT2D eigenvalue weighted by Gasteiger charge is -2.20. The van der Waals surface area contributed by atoms with Gasteiger partial charge in [-0.3, -0.25) is 4.57 Å². The molecule has 0 saturated heterocycles. The maximum Gasteiger partial charge on any atom is 0.380 e. The van der Waals surface area contributed by atoms with Gasteiger partial charge >= 0.3 is 7.60 Å². The van der Waals surface area contributed by atoms with Crippen LogP contribution in [0.15, 0.2) is 24.3 Å². The molecule has 1 aromatic heterocycles. The fourth-order valence-corrected chi connectivity index (χ4v) is 5.22. The van der Waals surface area contributed by atoms with Crippen molar-refractivity contribution in [3.63, 3.8) is 0 Å². The summed E-state index contributed by atoms with van der Waals surface area (Å²) in [5.74, 6) is 1.17. The van der Waals surface area contributed by atoms with E-state index in [4.69, 9.17) is 23.5 Å². The summed E-state index contributed by atoms with van der Waals surface area (Å²) in [6, 6.07) is 7.37. The first-order valence-corrected chi connectivity index (χ1v) is 10.7. The number of aromatic nitrogens is 1. The van der Waals surface area contributed by atoms with Gasteiger partial charge < -0.3 is 23.6 Å². The normalized spacial score (nSPS) is 13.6. The summed E-state index contributed by atoms with van der Waals surface area (Å²) in [6.45, 7) is 5.94. The van der Waals surface area contributed by atoms with Crippen LogP contribution in [0.25, 0.3) is 21.7 Å². The molecule has 0 saturated carbocycles. The molecule has 0 aliphatic carbocycles. The molecule has 2 heterocycles. The van der Waals surface area contributed by atoms with Crippen molar-refractivity contribution in [2.45, 2.75) is 27.4 Å². The van der Waals surface area contributed by atoms with Crippen molar-refractivity contribution >= 4 is 34.7 Å². The highest BCUT2D eigenvalue weighted by molar-refractivity contribution is 7.62. The second-order valence-corrected chi connectivity index (χ2v) is 8.42. The third kappa shape index (κ3) is 3.05. The van der Waals surface area contributed by atoms with E-state index < -0.39 is 7.60 Å². The summed E-state index contributed by atoms with van der Waals surface area (Å²) in [4.78, 5) is 4.72. The maximum absolute atomic E-state index is 13.6. The summed E-state index contributed by atoms with van der Waals surface area (Å²) in [6.07, 6.45) is 0. The molecule has 0 radical (unpaired) electrons. The van der Waals surface area contributed by atoms with E-state index in [0.717, 1.165) is 21.9 Å². The molecule has 1 aliphatic rings. The van der Waals surface area contributed by atoms with E-state index in [9.17, 15) is 9.67 Å². The van der Waals surface area contributed by atoms with Gasteiger partial charge in [-0.05, 0) is 55.5 Å². The molecular weight excluding hydrogens is 381 g/mol. The quantitative estimate of drug-likeness (QED) is 0.495. The van der Waals surface area contributed by atoms with Gasteiger partial charge in [0.1, 0.15) is 0 Å². The summed E-state index contributed by atoms with van der Waals surface area (Å²) in [7, 11) is -3.64. The van der Waals surface area contributed by atoms with E-state index in [1.807, 2.05) is 25.1 Å². The minimum Gasteiger partial charge on any atom is -0.454 e. The zero-order valence-electron chi connectivity index (χ0n) is 16.0. The summed E-state index contributed by atoms with van der Waals surface area (Å²) < 4.78 is 35.8. The van der Waals surface area contributed by atoms with Gasteiger partial charge in [0.05, 0.1) is 25.3 Å². The van der Waals surface area contributed by atoms with Crippen LogP contribution < -0.4 is 14.9 Å². The molecule has 3 aromatic rings. The van der Waals surface area contributed by atoms with Gasteiger partial charge in [-0.25, -0.2) is 4.98 Å². The Bertz CT molecular complexity index is 1100. The van der Waals surface area contributed by atoms with Crippen molar-refractivity contribution in [3.8, 4) is 11.5 Å². The number of aliphatic hydroxyl groups is 1. The highest BCUT2D eigenvalue weighted by atomic mass is 31.2. The number of benzene rings is 2. The lowest BCUT2D eigenvalue weighted by Crippen LogP contribution is -2.16. The van der Waals surface area contributed by atoms with Gasteiger partial charge in [-0.2, -0.15) is 0 Å². The summed E-state index contributed by atoms with van der Waals surface area (Å²) in [5, 5.41) is 11.9. The molecule has 1 aliphatic heterocycles. The second-order valence-electron chi connectivity index (χ2n) is 6.49. The van der Waals surface area contributed by atoms with E-state index in [0.29, 0.717) is 22.4 Å². The van der Waals surface area contributed by atoms with Crippen molar-refractivity contribution in [1.82, 2.24) is 4.98 Å². The monoisotopic (exact) mass is 403 g/mol. The molecule has 7 nitrogen and oxygen atoms in total. The van der Waals surface area contributed by atoms with Crippen LogP contribution in [0.3, 0.4) is 0 Å². The first-order valence-electron chi connectivity index (χ1n) is 9.17. The molecule has 1 N–H and O–H groups in total. The van der Waals surface area contributed by atoms with Gasteiger partial charge in [0, 0.05) is 10.8 Å². The Morgan fingerprint density at radius 3 is 2.29 bits per heavy atom. The van der Waals surface area contributed by atoms with Crippen LogP contribution in [0, 0.1) is 6.92 Å². The van der Waals surface area contributed by atoms with E-state index in [1.54, 1.807) is 19.9 Å². The number of hydrogen-bond donors (Lipinski definition) is 1. The third-order valence-electron chi connectivity index (χ3n) is 4.66. The number of nitrogens with zero attached hydrogens (tertiary/aromatic N) is 1. The number of pyridine rings is 1. The minimum atomic E-state index is -3.64. The van der Waals surface area contributed by atoms with Gasteiger partial charge in [0.25, 0.3) is 0 Å². The Labute approximate surface area is 162 Å². The predicted molar refractivity (Wildman–Crippen MR) is 107 cm³/mol. The van der Waals surface area contributed by atoms with Crippen molar-refractivity contribution < 1.29 is 28.2 Å². The lowest BCUT2D eigenvalue weighted by atomic mass is 10.0. The molecule has 0 spiro atoms. The molecule has 0 unspecified atom stereocenters. The molecule has 0 fully saturated rings. The molecule has 0 bridgehead atoms. The van der Waals surface area contributed by atoms with Crippen molar-refractivity contribution in [2.75, 3.05) is 20.0 Å². The largest absolute Gasteiger partial charge is 0.454 e. The van der Waals surface area contributed by atoms with Crippen LogP contribution in [0.5, 0.6) is 11.5 Å². The molecule has 0 amide bonds. The Morgan fingerprint density at radius 2 is 1.68 bits per heavy atom. The number of aliphatic hydroxyl groups excluding tert-OH is 1. The van der Waals surface area contributed by atoms with Gasteiger partial charge in [-0.1, -0.05) is 6.07 Å². The smallest absolute Gasteiger partial charge is 0.380 e. The van der Waals surface area contributed by atoms with Crippen molar-refractivity contribution in [1.29, 1.82) is 0 Å². The van der Waals surface area contributed by atoms with E-state index in [2.05, 4.69) is 0 Å². The van der Waals surface area contributed by atoms with Crippen LogP contribution >= 0.6 is 7.60 Å². The molecule has 2 aromatic carbocycles. The standard InChI is InChI=1S/C20H22NO6P/c1-4-26-28(23,27-5-2)20-16-9-18-17(24-11-25-18)8-14(16)15-7-13(10-22)6-12(3)19(15)21-20/h6-9,22H,4-5,10-11H2,1-3H3. The van der Waals surface area contributed by atoms with E-state index >= 15 is 0 Å². The fraction of sp³-hybridized carbons (Fsp3) is 0.350. The maximum atomic E-state index is 13.6. The number of rotatable bonds is 6. The first-order chi connectivity index (χ1) is 13.5. The highest BCUT2D eigenvalue weighted by Crippen LogP contribution is 2.50. The Balaban J connectivity index is 2.14. The van der Waals surface area contributed by atoms with Crippen LogP contribution in [-0.2, 0) is 20.2 Å². The number of aryl methyl sites for hydroxylation is 1. The van der Waals surface area contributed by atoms with Crippen molar-refractivity contribution in [2.24, 2.45) is 0 Å².